The van der Waals surface area contributed by atoms with Crippen LogP contribution in [0.4, 0.5) is 5.69 Å². The topological polar surface area (TPSA) is 73.7 Å². The largest absolute Gasteiger partial charge is 0.480 e. The van der Waals surface area contributed by atoms with Gasteiger partial charge in [0.1, 0.15) is 6.04 Å². The van der Waals surface area contributed by atoms with E-state index in [-0.39, 0.29) is 11.3 Å². The standard InChI is InChI=1S/C19H27N3O3/c1-13-10-16(11-14(2)20-13)21-8-6-19(7-9-21)5-4-17(23)22(12-19)15(3)18(24)25/h10-11,15H,4-9,12H2,1-3H3,(H,24,25)/t15-/m0/s1. The fourth-order valence-corrected chi connectivity index (χ4v) is 4.17. The van der Waals surface area contributed by atoms with Gasteiger partial charge in [-0.2, -0.15) is 0 Å². The van der Waals surface area contributed by atoms with E-state index in [9.17, 15) is 14.7 Å². The summed E-state index contributed by atoms with van der Waals surface area (Å²) in [6.07, 6.45) is 3.31. The lowest BCUT2D eigenvalue weighted by Gasteiger charge is -2.48. The summed E-state index contributed by atoms with van der Waals surface area (Å²) in [6.45, 7) is 8.08. The molecule has 3 rings (SSSR count). The van der Waals surface area contributed by atoms with Gasteiger partial charge in [0.05, 0.1) is 0 Å². The quantitative estimate of drug-likeness (QED) is 0.910. The van der Waals surface area contributed by atoms with Crippen molar-refractivity contribution in [2.45, 2.75) is 52.5 Å². The summed E-state index contributed by atoms with van der Waals surface area (Å²) in [5, 5.41) is 9.27. The predicted octanol–water partition coefficient (Wildman–Crippen LogP) is 2.38. The number of pyridine rings is 1. The Bertz CT molecular complexity index is 660. The first kappa shape index (κ1) is 17.7. The van der Waals surface area contributed by atoms with Crippen molar-refractivity contribution >= 4 is 17.6 Å². The van der Waals surface area contributed by atoms with Gasteiger partial charge in [0, 0.05) is 43.1 Å². The third-order valence-corrected chi connectivity index (χ3v) is 5.78. The van der Waals surface area contributed by atoms with Crippen LogP contribution < -0.4 is 4.90 Å². The van der Waals surface area contributed by atoms with Gasteiger partial charge >= 0.3 is 5.97 Å². The molecule has 0 aromatic carbocycles. The molecule has 3 heterocycles. The van der Waals surface area contributed by atoms with Crippen LogP contribution in [0.3, 0.4) is 0 Å². The lowest BCUT2D eigenvalue weighted by molar-refractivity contribution is -0.154. The molecule has 2 fully saturated rings. The zero-order chi connectivity index (χ0) is 18.2. The second kappa shape index (κ2) is 6.65. The van der Waals surface area contributed by atoms with Gasteiger partial charge in [0.2, 0.25) is 5.91 Å². The third-order valence-electron chi connectivity index (χ3n) is 5.78. The average molecular weight is 345 g/mol. The highest BCUT2D eigenvalue weighted by molar-refractivity contribution is 5.84. The maximum Gasteiger partial charge on any atom is 0.326 e. The Hall–Kier alpha value is -2.11. The molecule has 2 aliphatic heterocycles. The van der Waals surface area contributed by atoms with Gasteiger partial charge in [-0.3, -0.25) is 9.78 Å². The molecule has 2 aliphatic rings. The molecule has 0 aliphatic carbocycles. The summed E-state index contributed by atoms with van der Waals surface area (Å²) in [5.74, 6) is -0.950. The molecule has 6 nitrogen and oxygen atoms in total. The minimum absolute atomic E-state index is 0.0247. The first-order valence-electron chi connectivity index (χ1n) is 9.02. The summed E-state index contributed by atoms with van der Waals surface area (Å²) in [7, 11) is 0. The van der Waals surface area contributed by atoms with Gasteiger partial charge in [-0.05, 0) is 57.6 Å². The molecule has 1 amide bonds. The van der Waals surface area contributed by atoms with Gasteiger partial charge in [0.25, 0.3) is 0 Å². The van der Waals surface area contributed by atoms with Crippen LogP contribution in [0.15, 0.2) is 12.1 Å². The van der Waals surface area contributed by atoms with E-state index >= 15 is 0 Å². The smallest absolute Gasteiger partial charge is 0.326 e. The van der Waals surface area contributed by atoms with Gasteiger partial charge in [-0.15, -0.1) is 0 Å². The number of anilines is 1. The third kappa shape index (κ3) is 3.62. The minimum Gasteiger partial charge on any atom is -0.480 e. The number of aromatic nitrogens is 1. The van der Waals surface area contributed by atoms with Crippen molar-refractivity contribution in [3.05, 3.63) is 23.5 Å². The van der Waals surface area contributed by atoms with Crippen molar-refractivity contribution < 1.29 is 14.7 Å². The second-order valence-corrected chi connectivity index (χ2v) is 7.63. The van der Waals surface area contributed by atoms with Gasteiger partial charge < -0.3 is 14.9 Å². The van der Waals surface area contributed by atoms with E-state index in [0.29, 0.717) is 13.0 Å². The van der Waals surface area contributed by atoms with Gasteiger partial charge in [0.15, 0.2) is 0 Å². The molecule has 2 saturated heterocycles. The summed E-state index contributed by atoms with van der Waals surface area (Å²) in [4.78, 5) is 31.9. The van der Waals surface area contributed by atoms with Crippen LogP contribution in [0.1, 0.15) is 44.0 Å². The zero-order valence-electron chi connectivity index (χ0n) is 15.3. The molecule has 1 N–H and O–H groups in total. The fraction of sp³-hybridized carbons (Fsp3) is 0.632. The minimum atomic E-state index is -0.925. The number of nitrogens with zero attached hydrogens (tertiary/aromatic N) is 3. The Morgan fingerprint density at radius 3 is 2.36 bits per heavy atom. The van der Waals surface area contributed by atoms with E-state index < -0.39 is 12.0 Å². The molecule has 0 saturated carbocycles. The molecular weight excluding hydrogens is 318 g/mol. The number of aliphatic carboxylic acids is 1. The summed E-state index contributed by atoms with van der Waals surface area (Å²) in [5.41, 5.74) is 3.33. The number of hydrogen-bond donors (Lipinski definition) is 1. The van der Waals surface area contributed by atoms with Crippen LogP contribution >= 0.6 is 0 Å². The van der Waals surface area contributed by atoms with E-state index in [4.69, 9.17) is 0 Å². The van der Waals surface area contributed by atoms with Crippen molar-refractivity contribution in [1.29, 1.82) is 0 Å². The molecule has 1 aromatic heterocycles. The van der Waals surface area contributed by atoms with Crippen molar-refractivity contribution in [2.24, 2.45) is 5.41 Å². The molecule has 1 atom stereocenters. The van der Waals surface area contributed by atoms with Crippen LogP contribution in [0, 0.1) is 19.3 Å². The number of hydrogen-bond acceptors (Lipinski definition) is 4. The molecule has 6 heteroatoms. The average Bonchev–Trinajstić information content (AvgIpc) is 2.56. The Labute approximate surface area is 148 Å². The summed E-state index contributed by atoms with van der Waals surface area (Å²) < 4.78 is 0. The zero-order valence-corrected chi connectivity index (χ0v) is 15.3. The SMILES string of the molecule is Cc1cc(N2CCC3(CCC(=O)N([C@@H](C)C(=O)O)C3)CC2)cc(C)n1. The van der Waals surface area contributed by atoms with E-state index in [0.717, 1.165) is 43.7 Å². The van der Waals surface area contributed by atoms with Crippen molar-refractivity contribution in [1.82, 2.24) is 9.88 Å². The van der Waals surface area contributed by atoms with Gasteiger partial charge in [-0.25, -0.2) is 4.79 Å². The number of amides is 1. The number of piperidine rings is 2. The fourth-order valence-electron chi connectivity index (χ4n) is 4.17. The highest BCUT2D eigenvalue weighted by atomic mass is 16.4. The number of carbonyl (C=O) groups excluding carboxylic acids is 1. The van der Waals surface area contributed by atoms with Crippen molar-refractivity contribution in [2.75, 3.05) is 24.5 Å². The Morgan fingerprint density at radius 2 is 1.80 bits per heavy atom. The molecule has 1 aromatic rings. The predicted molar refractivity (Wildman–Crippen MR) is 95.6 cm³/mol. The number of carboxylic acids is 1. The number of carbonyl (C=O) groups is 2. The van der Waals surface area contributed by atoms with Crippen LogP contribution in [0.25, 0.3) is 0 Å². The normalized spacial score (nSPS) is 21.5. The highest BCUT2D eigenvalue weighted by Crippen LogP contribution is 2.41. The lowest BCUT2D eigenvalue weighted by Crippen LogP contribution is -2.55. The van der Waals surface area contributed by atoms with Gasteiger partial charge in [-0.1, -0.05) is 0 Å². The summed E-state index contributed by atoms with van der Waals surface area (Å²) in [6, 6.07) is 3.50. The van der Waals surface area contributed by atoms with Crippen molar-refractivity contribution in [3.63, 3.8) is 0 Å². The lowest BCUT2D eigenvalue weighted by atomic mass is 9.72. The second-order valence-electron chi connectivity index (χ2n) is 7.63. The molecule has 1 spiro atoms. The van der Waals surface area contributed by atoms with Crippen LogP contribution in [-0.2, 0) is 9.59 Å². The number of aryl methyl sites for hydroxylation is 2. The Kier molecular flexibility index (Phi) is 4.71. The van der Waals surface area contributed by atoms with E-state index in [1.165, 1.54) is 5.69 Å². The van der Waals surface area contributed by atoms with Crippen molar-refractivity contribution in [3.8, 4) is 0 Å². The molecule has 0 unspecified atom stereocenters. The highest BCUT2D eigenvalue weighted by Gasteiger charge is 2.43. The Morgan fingerprint density at radius 1 is 1.20 bits per heavy atom. The van der Waals surface area contributed by atoms with E-state index in [1.807, 2.05) is 13.8 Å². The van der Waals surface area contributed by atoms with E-state index in [1.54, 1.807) is 11.8 Å². The maximum atomic E-state index is 12.2. The summed E-state index contributed by atoms with van der Waals surface area (Å²) >= 11 is 0. The monoisotopic (exact) mass is 345 g/mol. The van der Waals surface area contributed by atoms with E-state index in [2.05, 4.69) is 22.0 Å². The molecular formula is C19H27N3O3. The molecule has 136 valence electrons. The number of carboxylic acid groups (broad SMARTS) is 1. The maximum absolute atomic E-state index is 12.2. The first-order chi connectivity index (χ1) is 11.8. The van der Waals surface area contributed by atoms with Crippen LogP contribution in [0.5, 0.6) is 0 Å². The molecule has 0 bridgehead atoms. The first-order valence-corrected chi connectivity index (χ1v) is 9.02. The molecule has 0 radical (unpaired) electrons. The Balaban J connectivity index is 1.70. The number of rotatable bonds is 3. The number of likely N-dealkylation sites (tertiary alicyclic amines) is 1. The molecule has 25 heavy (non-hydrogen) atoms. The van der Waals surface area contributed by atoms with Crippen LogP contribution in [-0.4, -0.2) is 52.5 Å². The van der Waals surface area contributed by atoms with Crippen LogP contribution in [0.2, 0.25) is 0 Å².